The fraction of sp³-hybridized carbons (Fsp3) is 0.217. The van der Waals surface area contributed by atoms with E-state index in [0.29, 0.717) is 11.1 Å². The number of amides is 3. The van der Waals surface area contributed by atoms with Gasteiger partial charge in [-0.1, -0.05) is 48.5 Å². The van der Waals surface area contributed by atoms with Crippen LogP contribution in [0.25, 0.3) is 10.9 Å². The van der Waals surface area contributed by atoms with E-state index in [2.05, 4.69) is 10.3 Å². The summed E-state index contributed by atoms with van der Waals surface area (Å²) in [6.07, 6.45) is 0.751. The quantitative estimate of drug-likeness (QED) is 0.332. The number of ether oxygens (including phenoxy) is 1. The minimum absolute atomic E-state index is 0.0262. The van der Waals surface area contributed by atoms with Gasteiger partial charge in [0.05, 0.1) is 6.54 Å². The lowest BCUT2D eigenvalue weighted by Gasteiger charge is -2.18. The molecule has 1 saturated heterocycles. The number of nitrogens with one attached hydrogen (secondary N) is 2. The van der Waals surface area contributed by atoms with E-state index in [1.54, 1.807) is 30.5 Å². The number of Topliss-reactive ketones (excluding diaryl/α,β-unsaturated/α-hetero) is 1. The van der Waals surface area contributed by atoms with Crippen LogP contribution in [0.2, 0.25) is 0 Å². The van der Waals surface area contributed by atoms with Gasteiger partial charge in [0.15, 0.2) is 6.10 Å². The molecule has 1 aliphatic heterocycles. The third-order valence-corrected chi connectivity index (χ3v) is 5.14. The van der Waals surface area contributed by atoms with Gasteiger partial charge in [-0.25, -0.2) is 4.79 Å². The molecule has 31 heavy (non-hydrogen) atoms. The summed E-state index contributed by atoms with van der Waals surface area (Å²) in [5.41, 5.74) is 1.83. The molecule has 8 nitrogen and oxygen atoms in total. The van der Waals surface area contributed by atoms with Crippen molar-refractivity contribution in [1.82, 2.24) is 15.2 Å². The molecule has 1 aliphatic rings. The second-order valence-electron chi connectivity index (χ2n) is 7.20. The Morgan fingerprint density at radius 3 is 2.52 bits per heavy atom. The summed E-state index contributed by atoms with van der Waals surface area (Å²) in [7, 11) is 0. The number of benzene rings is 2. The molecule has 0 aliphatic carbocycles. The number of ketones is 1. The van der Waals surface area contributed by atoms with E-state index in [1.165, 1.54) is 0 Å². The number of para-hydroxylation sites is 1. The van der Waals surface area contributed by atoms with Crippen LogP contribution < -0.4 is 5.32 Å². The maximum absolute atomic E-state index is 13.3. The highest BCUT2D eigenvalue weighted by atomic mass is 16.5. The van der Waals surface area contributed by atoms with Gasteiger partial charge in [0, 0.05) is 41.2 Å². The van der Waals surface area contributed by atoms with Gasteiger partial charge in [0.25, 0.3) is 0 Å². The number of hydrogen-bond donors (Lipinski definition) is 2. The number of urea groups is 1. The minimum atomic E-state index is -1.09. The monoisotopic (exact) mass is 419 g/mol. The third-order valence-electron chi connectivity index (χ3n) is 5.14. The first-order valence-corrected chi connectivity index (χ1v) is 9.97. The summed E-state index contributed by atoms with van der Waals surface area (Å²) < 4.78 is 5.58. The lowest BCUT2D eigenvalue weighted by Crippen LogP contribution is -2.32. The van der Waals surface area contributed by atoms with Crippen LogP contribution in [0.5, 0.6) is 0 Å². The third kappa shape index (κ3) is 4.32. The van der Waals surface area contributed by atoms with Crippen LogP contribution >= 0.6 is 0 Å². The Bertz CT molecular complexity index is 1120. The molecule has 0 spiro atoms. The first kappa shape index (κ1) is 20.3. The van der Waals surface area contributed by atoms with Crippen LogP contribution in [-0.4, -0.2) is 46.7 Å². The van der Waals surface area contributed by atoms with Crippen molar-refractivity contribution >= 4 is 34.6 Å². The highest BCUT2D eigenvalue weighted by Gasteiger charge is 2.30. The molecule has 0 saturated carbocycles. The largest absolute Gasteiger partial charge is 0.449 e. The van der Waals surface area contributed by atoms with Gasteiger partial charge >= 0.3 is 12.0 Å². The Balaban J connectivity index is 1.48. The van der Waals surface area contributed by atoms with Gasteiger partial charge < -0.3 is 15.0 Å². The first-order valence-electron chi connectivity index (χ1n) is 9.97. The highest BCUT2D eigenvalue weighted by molar-refractivity contribution is 6.10. The molecule has 3 aromatic rings. The average Bonchev–Trinajstić information content (AvgIpc) is 3.36. The molecule has 158 valence electrons. The van der Waals surface area contributed by atoms with Crippen molar-refractivity contribution in [3.8, 4) is 0 Å². The van der Waals surface area contributed by atoms with Crippen LogP contribution in [-0.2, 0) is 14.3 Å². The number of rotatable bonds is 8. The number of H-pyrrole nitrogens is 1. The molecular weight excluding hydrogens is 398 g/mol. The summed E-state index contributed by atoms with van der Waals surface area (Å²) in [6, 6.07) is 15.8. The molecular formula is C23H21N3O5. The summed E-state index contributed by atoms with van der Waals surface area (Å²) in [5, 5.41) is 3.18. The Morgan fingerprint density at radius 2 is 1.77 bits per heavy atom. The van der Waals surface area contributed by atoms with Crippen LogP contribution in [0.15, 0.2) is 60.8 Å². The maximum atomic E-state index is 13.3. The van der Waals surface area contributed by atoms with Gasteiger partial charge in [0.2, 0.25) is 11.7 Å². The summed E-state index contributed by atoms with van der Waals surface area (Å²) >= 11 is 0. The lowest BCUT2D eigenvalue weighted by molar-refractivity contribution is -0.147. The molecule has 0 bridgehead atoms. The Hall–Kier alpha value is -3.94. The molecule has 3 amide bonds. The van der Waals surface area contributed by atoms with E-state index in [-0.39, 0.29) is 37.6 Å². The fourth-order valence-corrected chi connectivity index (χ4v) is 3.57. The molecule has 2 aromatic carbocycles. The van der Waals surface area contributed by atoms with Crippen LogP contribution in [0.4, 0.5) is 4.79 Å². The van der Waals surface area contributed by atoms with Crippen molar-refractivity contribution in [2.24, 2.45) is 0 Å². The predicted octanol–water partition coefficient (Wildman–Crippen LogP) is 2.97. The zero-order valence-electron chi connectivity index (χ0n) is 16.7. The van der Waals surface area contributed by atoms with E-state index >= 15 is 0 Å². The number of fused-ring (bicyclic) bond motifs is 1. The molecule has 8 heteroatoms. The molecule has 4 rings (SSSR count). The molecule has 0 radical (unpaired) electrons. The topological polar surface area (TPSA) is 109 Å². The van der Waals surface area contributed by atoms with E-state index in [0.717, 1.165) is 15.8 Å². The lowest BCUT2D eigenvalue weighted by atomic mass is 9.99. The van der Waals surface area contributed by atoms with Gasteiger partial charge in [-0.2, -0.15) is 0 Å². The number of aromatic amines is 1. The van der Waals surface area contributed by atoms with Gasteiger partial charge in [0.1, 0.15) is 0 Å². The number of carbonyl (C=O) groups is 4. The van der Waals surface area contributed by atoms with Gasteiger partial charge in [-0.15, -0.1) is 0 Å². The van der Waals surface area contributed by atoms with Crippen molar-refractivity contribution in [3.63, 3.8) is 0 Å². The maximum Gasteiger partial charge on any atom is 0.324 e. The summed E-state index contributed by atoms with van der Waals surface area (Å²) in [4.78, 5) is 53.2. The minimum Gasteiger partial charge on any atom is -0.449 e. The van der Waals surface area contributed by atoms with Gasteiger partial charge in [-0.05, 0) is 12.5 Å². The molecule has 1 aromatic heterocycles. The summed E-state index contributed by atoms with van der Waals surface area (Å²) in [6.45, 7) is 0.0879. The zero-order valence-corrected chi connectivity index (χ0v) is 16.7. The Kier molecular flexibility index (Phi) is 5.79. The van der Waals surface area contributed by atoms with Crippen molar-refractivity contribution in [2.75, 3.05) is 13.1 Å². The van der Waals surface area contributed by atoms with Crippen LogP contribution in [0.3, 0.4) is 0 Å². The number of imide groups is 1. The smallest absolute Gasteiger partial charge is 0.324 e. The standard InChI is InChI=1S/C23H21N3O5/c27-19-14-25-23(30)26(19)12-6-11-20(28)31-22(15-7-2-1-3-8-15)21(29)17-13-24-18-10-5-4-9-16(17)18/h1-5,7-10,13,22,24H,6,11-12,14H2,(H,25,30)/t22-/m1/s1. The molecule has 2 heterocycles. The van der Waals surface area contributed by atoms with E-state index < -0.39 is 18.1 Å². The molecule has 2 N–H and O–H groups in total. The van der Waals surface area contributed by atoms with Crippen LogP contribution in [0, 0.1) is 0 Å². The van der Waals surface area contributed by atoms with Crippen molar-refractivity contribution in [1.29, 1.82) is 0 Å². The van der Waals surface area contributed by atoms with Crippen molar-refractivity contribution in [3.05, 3.63) is 71.9 Å². The Labute approximate surface area is 178 Å². The van der Waals surface area contributed by atoms with E-state index in [9.17, 15) is 19.2 Å². The van der Waals surface area contributed by atoms with Crippen LogP contribution in [0.1, 0.15) is 34.9 Å². The number of carbonyl (C=O) groups excluding carboxylic acids is 4. The van der Waals surface area contributed by atoms with E-state index in [1.807, 2.05) is 30.3 Å². The second-order valence-corrected chi connectivity index (χ2v) is 7.20. The normalized spacial score (nSPS) is 14.5. The van der Waals surface area contributed by atoms with Crippen molar-refractivity contribution in [2.45, 2.75) is 18.9 Å². The number of esters is 1. The van der Waals surface area contributed by atoms with Crippen molar-refractivity contribution < 1.29 is 23.9 Å². The van der Waals surface area contributed by atoms with E-state index in [4.69, 9.17) is 4.74 Å². The number of hydrogen-bond acceptors (Lipinski definition) is 5. The number of aromatic nitrogens is 1. The average molecular weight is 419 g/mol. The predicted molar refractivity (Wildman–Crippen MR) is 112 cm³/mol. The fourth-order valence-electron chi connectivity index (χ4n) is 3.57. The first-order chi connectivity index (χ1) is 15.0. The Morgan fingerprint density at radius 1 is 1.03 bits per heavy atom. The number of nitrogens with zero attached hydrogens (tertiary/aromatic N) is 1. The second kappa shape index (κ2) is 8.83. The molecule has 1 atom stereocenters. The highest BCUT2D eigenvalue weighted by Crippen LogP contribution is 2.27. The SMILES string of the molecule is O=C(CCCN1C(=O)CNC1=O)O[C@@H](C(=O)c1c[nH]c2ccccc12)c1ccccc1. The molecule has 1 fully saturated rings. The molecule has 0 unspecified atom stereocenters. The zero-order chi connectivity index (χ0) is 21.8. The van der Waals surface area contributed by atoms with Gasteiger partial charge in [-0.3, -0.25) is 19.3 Å². The summed E-state index contributed by atoms with van der Waals surface area (Å²) in [5.74, 6) is -1.23.